The van der Waals surface area contributed by atoms with Gasteiger partial charge in [0.1, 0.15) is 0 Å². The zero-order valence-electron chi connectivity index (χ0n) is 29.5. The molecular formula is C52H34N2. The Morgan fingerprint density at radius 3 is 1.78 bits per heavy atom. The molecule has 2 heterocycles. The van der Waals surface area contributed by atoms with Gasteiger partial charge in [-0.25, -0.2) is 0 Å². The second-order valence-corrected chi connectivity index (χ2v) is 14.2. The van der Waals surface area contributed by atoms with Gasteiger partial charge in [0.2, 0.25) is 0 Å². The molecule has 0 bridgehead atoms. The SMILES string of the molecule is c1ccc(-n2c3ccccc3c3c4c(cc(-c5ccc(-c6cccc7cccnc67)cc5)c32)C(c2ccccc2)(c2ccccc2)c2ccccc2-4)cc1. The fraction of sp³-hybridized carbons (Fsp3) is 0.0192. The molecule has 0 unspecified atom stereocenters. The van der Waals surface area contributed by atoms with Gasteiger partial charge in [0.05, 0.1) is 22.0 Å². The van der Waals surface area contributed by atoms with E-state index in [0.29, 0.717) is 0 Å². The molecular weight excluding hydrogens is 653 g/mol. The summed E-state index contributed by atoms with van der Waals surface area (Å²) in [5.41, 5.74) is 16.4. The average Bonchev–Trinajstić information content (AvgIpc) is 3.75. The molecule has 0 fully saturated rings. The van der Waals surface area contributed by atoms with Gasteiger partial charge in [0, 0.05) is 39.2 Å². The molecule has 0 N–H and O–H groups in total. The van der Waals surface area contributed by atoms with E-state index >= 15 is 0 Å². The molecule has 252 valence electrons. The lowest BCUT2D eigenvalue weighted by Crippen LogP contribution is -2.28. The Morgan fingerprint density at radius 1 is 0.444 bits per heavy atom. The van der Waals surface area contributed by atoms with Gasteiger partial charge in [-0.15, -0.1) is 0 Å². The molecule has 8 aromatic carbocycles. The number of para-hydroxylation sites is 3. The summed E-state index contributed by atoms with van der Waals surface area (Å²) in [6.45, 7) is 0. The number of rotatable bonds is 5. The van der Waals surface area contributed by atoms with Gasteiger partial charge >= 0.3 is 0 Å². The van der Waals surface area contributed by atoms with Crippen LogP contribution in [0.1, 0.15) is 22.3 Å². The normalized spacial score (nSPS) is 13.0. The highest BCUT2D eigenvalue weighted by Gasteiger charge is 2.47. The van der Waals surface area contributed by atoms with Crippen LogP contribution in [0.25, 0.3) is 71.8 Å². The molecule has 0 spiro atoms. The molecule has 2 nitrogen and oxygen atoms in total. The predicted octanol–water partition coefficient (Wildman–Crippen LogP) is 13.0. The van der Waals surface area contributed by atoms with Crippen molar-refractivity contribution in [3.8, 4) is 39.1 Å². The first-order chi connectivity index (χ1) is 26.8. The maximum absolute atomic E-state index is 4.78. The summed E-state index contributed by atoms with van der Waals surface area (Å²) < 4.78 is 2.48. The zero-order valence-corrected chi connectivity index (χ0v) is 29.5. The highest BCUT2D eigenvalue weighted by molar-refractivity contribution is 6.22. The third-order valence-corrected chi connectivity index (χ3v) is 11.5. The molecule has 0 amide bonds. The molecule has 11 rings (SSSR count). The van der Waals surface area contributed by atoms with Crippen LogP contribution in [0.5, 0.6) is 0 Å². The number of fused-ring (bicyclic) bond motifs is 8. The minimum absolute atomic E-state index is 0.526. The molecule has 1 aliphatic carbocycles. The van der Waals surface area contributed by atoms with Gasteiger partial charge in [-0.05, 0) is 74.8 Å². The summed E-state index contributed by atoms with van der Waals surface area (Å²) in [5, 5.41) is 3.68. The van der Waals surface area contributed by atoms with Crippen molar-refractivity contribution in [1.29, 1.82) is 0 Å². The highest BCUT2D eigenvalue weighted by atomic mass is 15.0. The van der Waals surface area contributed by atoms with E-state index in [1.165, 1.54) is 66.3 Å². The molecule has 1 aliphatic rings. The molecule has 10 aromatic rings. The van der Waals surface area contributed by atoms with Crippen molar-refractivity contribution in [2.75, 3.05) is 0 Å². The second kappa shape index (κ2) is 12.0. The molecule has 54 heavy (non-hydrogen) atoms. The smallest absolute Gasteiger partial charge is 0.0780 e. The molecule has 2 aromatic heterocycles. The quantitative estimate of drug-likeness (QED) is 0.176. The van der Waals surface area contributed by atoms with Crippen molar-refractivity contribution in [2.45, 2.75) is 5.41 Å². The molecule has 0 atom stereocenters. The van der Waals surface area contributed by atoms with Crippen LogP contribution in [0, 0.1) is 0 Å². The Labute approximate surface area is 314 Å². The van der Waals surface area contributed by atoms with Gasteiger partial charge in [0.15, 0.2) is 0 Å². The average molecular weight is 687 g/mol. The topological polar surface area (TPSA) is 17.8 Å². The van der Waals surface area contributed by atoms with Gasteiger partial charge in [-0.2, -0.15) is 0 Å². The van der Waals surface area contributed by atoms with Crippen molar-refractivity contribution in [1.82, 2.24) is 9.55 Å². The Hall–Kier alpha value is -7.03. The van der Waals surface area contributed by atoms with E-state index in [-0.39, 0.29) is 0 Å². The van der Waals surface area contributed by atoms with Gasteiger partial charge in [0.25, 0.3) is 0 Å². The Kier molecular flexibility index (Phi) is 6.80. The monoisotopic (exact) mass is 686 g/mol. The van der Waals surface area contributed by atoms with Crippen LogP contribution in [0.3, 0.4) is 0 Å². The van der Waals surface area contributed by atoms with Crippen LogP contribution in [-0.4, -0.2) is 9.55 Å². The van der Waals surface area contributed by atoms with Crippen LogP contribution in [-0.2, 0) is 5.41 Å². The number of aromatic nitrogens is 2. The predicted molar refractivity (Wildman–Crippen MR) is 224 cm³/mol. The summed E-state index contributed by atoms with van der Waals surface area (Å²) in [6.07, 6.45) is 1.88. The molecule has 0 radical (unpaired) electrons. The number of hydrogen-bond donors (Lipinski definition) is 0. The van der Waals surface area contributed by atoms with Crippen molar-refractivity contribution in [3.05, 3.63) is 229 Å². The Bertz CT molecular complexity index is 2970. The minimum atomic E-state index is -0.526. The van der Waals surface area contributed by atoms with E-state index in [2.05, 4.69) is 199 Å². The molecule has 0 aliphatic heterocycles. The first kappa shape index (κ1) is 30.6. The Morgan fingerprint density at radius 2 is 1.04 bits per heavy atom. The lowest BCUT2D eigenvalue weighted by molar-refractivity contribution is 0.769. The highest BCUT2D eigenvalue weighted by Crippen LogP contribution is 2.60. The third kappa shape index (κ3) is 4.31. The standard InChI is InChI=1S/C52H34N2/c1-4-18-38(19-5-1)52(39-20-6-2-7-21-39)45-27-12-10-24-42(45)48-46(52)34-44(36-31-29-35(30-32-36)41-26-14-16-37-17-15-33-53-50(37)41)51-49(48)43-25-11-13-28-47(43)54(51)40-22-8-3-9-23-40/h1-34H. The van der Waals surface area contributed by atoms with Crippen molar-refractivity contribution in [3.63, 3.8) is 0 Å². The van der Waals surface area contributed by atoms with Gasteiger partial charge in [-0.3, -0.25) is 4.98 Å². The largest absolute Gasteiger partial charge is 0.309 e. The van der Waals surface area contributed by atoms with Gasteiger partial charge < -0.3 is 4.57 Å². The number of pyridine rings is 1. The fourth-order valence-electron chi connectivity index (χ4n) is 9.31. The number of hydrogen-bond acceptors (Lipinski definition) is 1. The molecule has 0 saturated heterocycles. The maximum atomic E-state index is 4.78. The summed E-state index contributed by atoms with van der Waals surface area (Å²) in [4.78, 5) is 4.78. The van der Waals surface area contributed by atoms with E-state index in [1.54, 1.807) is 0 Å². The van der Waals surface area contributed by atoms with E-state index in [9.17, 15) is 0 Å². The summed E-state index contributed by atoms with van der Waals surface area (Å²) in [7, 11) is 0. The molecule has 2 heteroatoms. The van der Waals surface area contributed by atoms with E-state index in [4.69, 9.17) is 4.98 Å². The summed E-state index contributed by atoms with van der Waals surface area (Å²) in [5.74, 6) is 0. The lowest BCUT2D eigenvalue weighted by Gasteiger charge is -2.34. The first-order valence-corrected chi connectivity index (χ1v) is 18.6. The van der Waals surface area contributed by atoms with Crippen LogP contribution in [0.15, 0.2) is 206 Å². The first-order valence-electron chi connectivity index (χ1n) is 18.6. The van der Waals surface area contributed by atoms with Crippen molar-refractivity contribution >= 4 is 32.7 Å². The number of benzene rings is 8. The molecule has 0 saturated carbocycles. The minimum Gasteiger partial charge on any atom is -0.309 e. The second-order valence-electron chi connectivity index (χ2n) is 14.2. The summed E-state index contributed by atoms with van der Waals surface area (Å²) >= 11 is 0. The van der Waals surface area contributed by atoms with Crippen molar-refractivity contribution in [2.24, 2.45) is 0 Å². The van der Waals surface area contributed by atoms with Crippen LogP contribution in [0.2, 0.25) is 0 Å². The number of nitrogens with zero attached hydrogens (tertiary/aromatic N) is 2. The third-order valence-electron chi connectivity index (χ3n) is 11.5. The van der Waals surface area contributed by atoms with Crippen molar-refractivity contribution < 1.29 is 0 Å². The maximum Gasteiger partial charge on any atom is 0.0780 e. The lowest BCUT2D eigenvalue weighted by atomic mass is 9.67. The van der Waals surface area contributed by atoms with Crippen LogP contribution < -0.4 is 0 Å². The van der Waals surface area contributed by atoms with Crippen LogP contribution >= 0.6 is 0 Å². The Balaban J connectivity index is 1.30. The van der Waals surface area contributed by atoms with E-state index in [1.807, 2.05) is 12.3 Å². The van der Waals surface area contributed by atoms with E-state index in [0.717, 1.165) is 27.7 Å². The zero-order chi connectivity index (χ0) is 35.6. The van der Waals surface area contributed by atoms with Gasteiger partial charge in [-0.1, -0.05) is 170 Å². The van der Waals surface area contributed by atoms with Crippen LogP contribution in [0.4, 0.5) is 0 Å². The fourth-order valence-corrected chi connectivity index (χ4v) is 9.31. The summed E-state index contributed by atoms with van der Waals surface area (Å²) in [6, 6.07) is 73.3. The van der Waals surface area contributed by atoms with E-state index < -0.39 is 5.41 Å².